The van der Waals surface area contributed by atoms with Gasteiger partial charge in [-0.1, -0.05) is 60.7 Å². The Kier molecular flexibility index (Phi) is 5.11. The largest absolute Gasteiger partial charge is 0.396 e. The molecule has 1 fully saturated rings. The summed E-state index contributed by atoms with van der Waals surface area (Å²) in [5.41, 5.74) is 2.33. The number of aliphatic hydroxyl groups is 2. The smallest absolute Gasteiger partial charge is 0.0512 e. The van der Waals surface area contributed by atoms with Gasteiger partial charge in [-0.15, -0.1) is 0 Å². The summed E-state index contributed by atoms with van der Waals surface area (Å²) in [6, 6.07) is 20.9. The lowest BCUT2D eigenvalue weighted by Crippen LogP contribution is -2.28. The highest BCUT2D eigenvalue weighted by Gasteiger charge is 2.53. The third-order valence-electron chi connectivity index (χ3n) is 4.97. The van der Waals surface area contributed by atoms with Gasteiger partial charge in [0.05, 0.1) is 13.2 Å². The molecule has 2 aromatic rings. The van der Waals surface area contributed by atoms with Crippen molar-refractivity contribution in [2.24, 2.45) is 11.3 Å². The number of hydrogen-bond acceptors (Lipinski definition) is 3. The fourth-order valence-electron chi connectivity index (χ4n) is 3.31. The lowest BCUT2D eigenvalue weighted by atomic mass is 10.1. The maximum absolute atomic E-state index is 9.54. The van der Waals surface area contributed by atoms with E-state index in [9.17, 15) is 10.2 Å². The molecule has 0 saturated heterocycles. The van der Waals surface area contributed by atoms with Gasteiger partial charge in [-0.25, -0.2) is 0 Å². The van der Waals surface area contributed by atoms with E-state index in [1.165, 1.54) is 11.1 Å². The van der Waals surface area contributed by atoms with E-state index in [2.05, 4.69) is 53.4 Å². The minimum absolute atomic E-state index is 0.0820. The molecule has 1 atom stereocenters. The molecule has 3 heteroatoms. The van der Waals surface area contributed by atoms with E-state index in [0.29, 0.717) is 5.92 Å². The maximum atomic E-state index is 9.54. The Balaban J connectivity index is 1.69. The second-order valence-electron chi connectivity index (χ2n) is 6.72. The lowest BCUT2D eigenvalue weighted by molar-refractivity contribution is 0.111. The first kappa shape index (κ1) is 16.2. The van der Waals surface area contributed by atoms with Gasteiger partial charge in [-0.05, 0) is 23.5 Å². The average molecular weight is 311 g/mol. The molecule has 1 aliphatic rings. The first-order valence-electron chi connectivity index (χ1n) is 8.28. The van der Waals surface area contributed by atoms with E-state index in [0.717, 1.165) is 26.1 Å². The van der Waals surface area contributed by atoms with Gasteiger partial charge in [-0.2, -0.15) is 0 Å². The van der Waals surface area contributed by atoms with Gasteiger partial charge in [-0.3, -0.25) is 4.90 Å². The quantitative estimate of drug-likeness (QED) is 0.788. The molecule has 0 amide bonds. The van der Waals surface area contributed by atoms with Crippen molar-refractivity contribution in [1.82, 2.24) is 4.90 Å². The summed E-state index contributed by atoms with van der Waals surface area (Å²) >= 11 is 0. The van der Waals surface area contributed by atoms with Crippen molar-refractivity contribution in [3.05, 3.63) is 71.8 Å². The number of nitrogens with zero attached hydrogens (tertiary/aromatic N) is 1. The third kappa shape index (κ3) is 3.99. The summed E-state index contributed by atoms with van der Waals surface area (Å²) in [6.07, 6.45) is 0.917. The molecule has 2 aromatic carbocycles. The highest BCUT2D eigenvalue weighted by Crippen LogP contribution is 2.52. The highest BCUT2D eigenvalue weighted by atomic mass is 16.3. The predicted molar refractivity (Wildman–Crippen MR) is 91.7 cm³/mol. The van der Waals surface area contributed by atoms with E-state index in [1.54, 1.807) is 0 Å². The molecule has 23 heavy (non-hydrogen) atoms. The Bertz CT molecular complexity index is 554. The average Bonchev–Trinajstić information content (AvgIpc) is 3.30. The number of aliphatic hydroxyl groups excluding tert-OH is 2. The van der Waals surface area contributed by atoms with Crippen molar-refractivity contribution in [2.75, 3.05) is 19.8 Å². The lowest BCUT2D eigenvalue weighted by Gasteiger charge is -2.24. The Labute approximate surface area is 138 Å². The zero-order valence-corrected chi connectivity index (χ0v) is 13.4. The van der Waals surface area contributed by atoms with E-state index in [1.807, 2.05) is 12.1 Å². The zero-order chi connectivity index (χ0) is 16.1. The van der Waals surface area contributed by atoms with E-state index >= 15 is 0 Å². The molecule has 0 radical (unpaired) electrons. The second kappa shape index (κ2) is 7.26. The van der Waals surface area contributed by atoms with Crippen LogP contribution in [0, 0.1) is 11.3 Å². The van der Waals surface area contributed by atoms with Crippen LogP contribution in [-0.2, 0) is 13.1 Å². The first-order valence-corrected chi connectivity index (χ1v) is 8.28. The molecular formula is C20H25NO2. The molecule has 0 spiro atoms. The van der Waals surface area contributed by atoms with Crippen LogP contribution in [-0.4, -0.2) is 34.9 Å². The second-order valence-corrected chi connectivity index (χ2v) is 6.72. The monoisotopic (exact) mass is 311 g/mol. The Morgan fingerprint density at radius 2 is 1.30 bits per heavy atom. The van der Waals surface area contributed by atoms with Crippen molar-refractivity contribution in [3.8, 4) is 0 Å². The van der Waals surface area contributed by atoms with Gasteiger partial charge in [0, 0.05) is 25.0 Å². The van der Waals surface area contributed by atoms with Crippen LogP contribution in [0.3, 0.4) is 0 Å². The zero-order valence-electron chi connectivity index (χ0n) is 13.4. The summed E-state index contributed by atoms with van der Waals surface area (Å²) in [5.74, 6) is 0.380. The molecular weight excluding hydrogens is 286 g/mol. The van der Waals surface area contributed by atoms with Crippen LogP contribution in [0.25, 0.3) is 0 Å². The highest BCUT2D eigenvalue weighted by molar-refractivity contribution is 5.17. The third-order valence-corrected chi connectivity index (χ3v) is 4.97. The Morgan fingerprint density at radius 3 is 1.70 bits per heavy atom. The van der Waals surface area contributed by atoms with Crippen LogP contribution in [0.15, 0.2) is 60.7 Å². The molecule has 0 aliphatic heterocycles. The van der Waals surface area contributed by atoms with E-state index in [-0.39, 0.29) is 18.6 Å². The molecule has 0 aromatic heterocycles. The van der Waals surface area contributed by atoms with Crippen molar-refractivity contribution in [3.63, 3.8) is 0 Å². The van der Waals surface area contributed by atoms with Crippen LogP contribution in [0.1, 0.15) is 17.5 Å². The van der Waals surface area contributed by atoms with Gasteiger partial charge in [0.25, 0.3) is 0 Å². The van der Waals surface area contributed by atoms with Crippen LogP contribution < -0.4 is 0 Å². The van der Waals surface area contributed by atoms with E-state index in [4.69, 9.17) is 0 Å². The van der Waals surface area contributed by atoms with Crippen LogP contribution in [0.2, 0.25) is 0 Å². The summed E-state index contributed by atoms with van der Waals surface area (Å²) in [4.78, 5) is 2.42. The predicted octanol–water partition coefficient (Wildman–Crippen LogP) is 2.68. The molecule has 1 saturated carbocycles. The van der Waals surface area contributed by atoms with E-state index < -0.39 is 0 Å². The fourth-order valence-corrected chi connectivity index (χ4v) is 3.31. The van der Waals surface area contributed by atoms with Crippen LogP contribution in [0.4, 0.5) is 0 Å². The molecule has 2 N–H and O–H groups in total. The van der Waals surface area contributed by atoms with Crippen LogP contribution >= 0.6 is 0 Å². The van der Waals surface area contributed by atoms with Gasteiger partial charge in [0.15, 0.2) is 0 Å². The summed E-state index contributed by atoms with van der Waals surface area (Å²) in [6.45, 7) is 2.85. The van der Waals surface area contributed by atoms with Crippen molar-refractivity contribution in [1.29, 1.82) is 0 Å². The minimum atomic E-state index is -0.258. The SMILES string of the molecule is OCC1(CO)CC1CN(Cc1ccccc1)Cc1ccccc1. The van der Waals surface area contributed by atoms with Crippen molar-refractivity contribution >= 4 is 0 Å². The summed E-state index contributed by atoms with van der Waals surface area (Å²) in [5, 5.41) is 19.1. The Hall–Kier alpha value is -1.68. The molecule has 122 valence electrons. The fraction of sp³-hybridized carbons (Fsp3) is 0.400. The summed E-state index contributed by atoms with van der Waals surface area (Å²) < 4.78 is 0. The van der Waals surface area contributed by atoms with Gasteiger partial charge < -0.3 is 10.2 Å². The van der Waals surface area contributed by atoms with Crippen molar-refractivity contribution in [2.45, 2.75) is 19.5 Å². The maximum Gasteiger partial charge on any atom is 0.0512 e. The number of benzene rings is 2. The van der Waals surface area contributed by atoms with Crippen molar-refractivity contribution < 1.29 is 10.2 Å². The number of rotatable bonds is 8. The van der Waals surface area contributed by atoms with Gasteiger partial charge in [0.2, 0.25) is 0 Å². The molecule has 1 aliphatic carbocycles. The molecule has 3 nitrogen and oxygen atoms in total. The van der Waals surface area contributed by atoms with Gasteiger partial charge in [0.1, 0.15) is 0 Å². The molecule has 0 bridgehead atoms. The topological polar surface area (TPSA) is 43.7 Å². The normalized spacial score (nSPS) is 19.0. The standard InChI is InChI=1S/C20H25NO2/c22-15-20(16-23)11-19(20)14-21(12-17-7-3-1-4-8-17)13-18-9-5-2-6-10-18/h1-10,19,22-23H,11-16H2. The number of hydrogen-bond donors (Lipinski definition) is 2. The molecule has 3 rings (SSSR count). The molecule has 1 unspecified atom stereocenters. The molecule has 0 heterocycles. The first-order chi connectivity index (χ1) is 11.3. The van der Waals surface area contributed by atoms with Crippen LogP contribution in [0.5, 0.6) is 0 Å². The summed E-state index contributed by atoms with van der Waals surface area (Å²) in [7, 11) is 0. The Morgan fingerprint density at radius 1 is 0.826 bits per heavy atom. The van der Waals surface area contributed by atoms with Gasteiger partial charge >= 0.3 is 0 Å². The minimum Gasteiger partial charge on any atom is -0.396 e.